The molecule has 1 aromatic rings. The zero-order valence-corrected chi connectivity index (χ0v) is 17.8. The lowest BCUT2D eigenvalue weighted by Gasteiger charge is -2.31. The number of nitrogens with one attached hydrogen (secondary N) is 2. The van der Waals surface area contributed by atoms with Crippen molar-refractivity contribution in [3.63, 3.8) is 0 Å². The van der Waals surface area contributed by atoms with Gasteiger partial charge in [-0.3, -0.25) is 9.69 Å². The van der Waals surface area contributed by atoms with E-state index >= 15 is 0 Å². The molecule has 158 valence electrons. The van der Waals surface area contributed by atoms with E-state index in [0.29, 0.717) is 17.7 Å². The van der Waals surface area contributed by atoms with Crippen LogP contribution in [0, 0.1) is 5.82 Å². The van der Waals surface area contributed by atoms with E-state index in [4.69, 9.17) is 0 Å². The van der Waals surface area contributed by atoms with E-state index in [2.05, 4.69) is 26.1 Å². The quantitative estimate of drug-likeness (QED) is 0.694. The van der Waals surface area contributed by atoms with Crippen LogP contribution in [0.4, 0.5) is 9.18 Å². The second-order valence-corrected chi connectivity index (χ2v) is 7.98. The summed E-state index contributed by atoms with van der Waals surface area (Å²) >= 11 is 0. The van der Waals surface area contributed by atoms with Crippen molar-refractivity contribution in [2.24, 2.45) is 0 Å². The van der Waals surface area contributed by atoms with Crippen molar-refractivity contribution in [1.82, 2.24) is 15.1 Å². The molecule has 0 bridgehead atoms. The summed E-state index contributed by atoms with van der Waals surface area (Å²) in [5.41, 5.74) is 2.06. The number of carbonyl (C=O) groups is 2. The van der Waals surface area contributed by atoms with E-state index in [1.165, 1.54) is 17.0 Å². The Balaban J connectivity index is 1.76. The first-order chi connectivity index (χ1) is 13.9. The maximum absolute atomic E-state index is 13.3. The summed E-state index contributed by atoms with van der Waals surface area (Å²) in [5.74, 6) is -0.380. The topological polar surface area (TPSA) is 57.1 Å². The number of urea groups is 1. The second-order valence-electron chi connectivity index (χ2n) is 7.98. The fourth-order valence-corrected chi connectivity index (χ4v) is 4.26. The van der Waals surface area contributed by atoms with Crippen LogP contribution < -0.4 is 10.2 Å². The number of hydrogen-bond donors (Lipinski definition) is 2. The molecule has 0 fully saturated rings. The molecule has 0 unspecified atom stereocenters. The molecule has 3 amide bonds. The number of amides is 3. The van der Waals surface area contributed by atoms with Crippen molar-refractivity contribution in [3.8, 4) is 0 Å². The highest BCUT2D eigenvalue weighted by molar-refractivity contribution is 6.01. The normalized spacial score (nSPS) is 20.4. The number of halogens is 1. The van der Waals surface area contributed by atoms with E-state index in [-0.39, 0.29) is 23.8 Å². The fourth-order valence-electron chi connectivity index (χ4n) is 4.26. The number of carbonyl (C=O) groups excluding carboxylic acids is 2. The second kappa shape index (κ2) is 8.95. The molecule has 6 nitrogen and oxygen atoms in total. The maximum Gasteiger partial charge on any atom is 0.322 e. The Morgan fingerprint density at radius 2 is 1.86 bits per heavy atom. The van der Waals surface area contributed by atoms with Crippen LogP contribution in [0.5, 0.6) is 0 Å². The molecule has 0 saturated heterocycles. The first-order valence-corrected chi connectivity index (χ1v) is 10.5. The van der Waals surface area contributed by atoms with Crippen molar-refractivity contribution < 1.29 is 18.9 Å². The van der Waals surface area contributed by atoms with Crippen molar-refractivity contribution in [2.75, 3.05) is 33.2 Å². The standard InChI is InChI=1S/C22H31FN4O2/c1-5-26(6-2)13-7-8-15(3)27-14-18-19(21(27)28)20(24-22(29)25(18)4)16-9-11-17(23)12-10-16/h9-12,15,20H,5-8,13-14H2,1-4H3,(H,24,29)/p+1/t15-,20+/m1/s1. The highest BCUT2D eigenvalue weighted by Crippen LogP contribution is 2.36. The van der Waals surface area contributed by atoms with E-state index in [9.17, 15) is 14.0 Å². The Hall–Kier alpha value is -2.41. The molecule has 2 aliphatic heterocycles. The van der Waals surface area contributed by atoms with Crippen LogP contribution in [0.2, 0.25) is 0 Å². The van der Waals surface area contributed by atoms with Crippen LogP contribution in [-0.4, -0.2) is 61.0 Å². The molecular formula is C22H32FN4O2+. The van der Waals surface area contributed by atoms with Gasteiger partial charge in [0.2, 0.25) is 0 Å². The molecule has 2 N–H and O–H groups in total. The van der Waals surface area contributed by atoms with E-state index in [1.54, 1.807) is 24.1 Å². The fraction of sp³-hybridized carbons (Fsp3) is 0.545. The maximum atomic E-state index is 13.3. The lowest BCUT2D eigenvalue weighted by atomic mass is 9.95. The Bertz CT molecular complexity index is 789. The van der Waals surface area contributed by atoms with Crippen molar-refractivity contribution >= 4 is 11.9 Å². The Morgan fingerprint density at radius 3 is 2.48 bits per heavy atom. The van der Waals surface area contributed by atoms with Crippen LogP contribution in [0.1, 0.15) is 45.2 Å². The summed E-state index contributed by atoms with van der Waals surface area (Å²) in [6.45, 7) is 10.2. The van der Waals surface area contributed by atoms with Gasteiger partial charge in [-0.15, -0.1) is 0 Å². The van der Waals surface area contributed by atoms with Gasteiger partial charge in [0.25, 0.3) is 5.91 Å². The monoisotopic (exact) mass is 403 g/mol. The molecule has 0 aromatic heterocycles. The first kappa shape index (κ1) is 21.3. The summed E-state index contributed by atoms with van der Waals surface area (Å²) in [4.78, 5) is 30.7. The van der Waals surface area contributed by atoms with Crippen LogP contribution in [0.25, 0.3) is 0 Å². The molecule has 0 saturated carbocycles. The highest BCUT2D eigenvalue weighted by Gasteiger charge is 2.44. The van der Waals surface area contributed by atoms with Crippen molar-refractivity contribution in [1.29, 1.82) is 0 Å². The summed E-state index contributed by atoms with van der Waals surface area (Å²) < 4.78 is 13.3. The third kappa shape index (κ3) is 4.29. The van der Waals surface area contributed by atoms with Crippen molar-refractivity contribution in [2.45, 2.75) is 45.7 Å². The predicted molar refractivity (Wildman–Crippen MR) is 110 cm³/mol. The van der Waals surface area contributed by atoms with Gasteiger partial charge in [-0.2, -0.15) is 0 Å². The third-order valence-corrected chi connectivity index (χ3v) is 6.28. The number of hydrogen-bond acceptors (Lipinski definition) is 2. The summed E-state index contributed by atoms with van der Waals surface area (Å²) in [6.07, 6.45) is 1.99. The lowest BCUT2D eigenvalue weighted by Crippen LogP contribution is -3.11. The largest absolute Gasteiger partial charge is 0.335 e. The van der Waals surface area contributed by atoms with Crippen LogP contribution in [-0.2, 0) is 4.79 Å². The van der Waals surface area contributed by atoms with Gasteiger partial charge in [-0.05, 0) is 51.3 Å². The molecule has 2 atom stereocenters. The van der Waals surface area contributed by atoms with Gasteiger partial charge in [0.15, 0.2) is 0 Å². The van der Waals surface area contributed by atoms with E-state index < -0.39 is 6.04 Å². The van der Waals surface area contributed by atoms with Gasteiger partial charge >= 0.3 is 6.03 Å². The molecule has 29 heavy (non-hydrogen) atoms. The summed E-state index contributed by atoms with van der Waals surface area (Å²) in [5, 5.41) is 2.89. The molecule has 0 spiro atoms. The van der Waals surface area contributed by atoms with Gasteiger partial charge in [0.05, 0.1) is 43.5 Å². The molecule has 0 aliphatic carbocycles. The minimum absolute atomic E-state index is 0.0381. The van der Waals surface area contributed by atoms with Crippen LogP contribution in [0.3, 0.4) is 0 Å². The molecule has 2 aliphatic rings. The Kier molecular flexibility index (Phi) is 6.57. The molecule has 2 heterocycles. The SMILES string of the molecule is CC[NH+](CC)CCC[C@@H](C)N1CC2=C(C1=O)[C@H](c1ccc(F)cc1)NC(=O)N2C. The zero-order chi connectivity index (χ0) is 21.1. The molecule has 1 aromatic carbocycles. The Morgan fingerprint density at radius 1 is 1.21 bits per heavy atom. The lowest BCUT2D eigenvalue weighted by molar-refractivity contribution is -0.896. The minimum atomic E-state index is -0.542. The van der Waals surface area contributed by atoms with E-state index in [1.807, 2.05) is 4.90 Å². The number of nitrogens with zero attached hydrogens (tertiary/aromatic N) is 2. The summed E-state index contributed by atoms with van der Waals surface area (Å²) in [7, 11) is 1.69. The average molecular weight is 404 g/mol. The van der Waals surface area contributed by atoms with Gasteiger partial charge in [-0.25, -0.2) is 9.18 Å². The third-order valence-electron chi connectivity index (χ3n) is 6.28. The Labute approximate surface area is 172 Å². The first-order valence-electron chi connectivity index (χ1n) is 10.5. The van der Waals surface area contributed by atoms with Gasteiger partial charge in [0.1, 0.15) is 5.82 Å². The molecule has 0 radical (unpaired) electrons. The highest BCUT2D eigenvalue weighted by atomic mass is 19.1. The van der Waals surface area contributed by atoms with E-state index in [0.717, 1.165) is 38.2 Å². The van der Waals surface area contributed by atoms with Crippen molar-refractivity contribution in [3.05, 3.63) is 46.9 Å². The number of likely N-dealkylation sites (N-methyl/N-ethyl adjacent to an activating group) is 1. The number of rotatable bonds is 8. The number of quaternary nitrogens is 1. The van der Waals surface area contributed by atoms with Crippen LogP contribution >= 0.6 is 0 Å². The number of benzene rings is 1. The average Bonchev–Trinajstić information content (AvgIpc) is 3.06. The predicted octanol–water partition coefficient (Wildman–Crippen LogP) is 1.71. The van der Waals surface area contributed by atoms with Gasteiger partial charge in [0, 0.05) is 13.1 Å². The smallest absolute Gasteiger partial charge is 0.322 e. The minimum Gasteiger partial charge on any atom is -0.335 e. The van der Waals surface area contributed by atoms with Gasteiger partial charge < -0.3 is 15.1 Å². The summed E-state index contributed by atoms with van der Waals surface area (Å²) in [6, 6.07) is 5.28. The zero-order valence-electron chi connectivity index (χ0n) is 17.8. The molecule has 7 heteroatoms. The van der Waals surface area contributed by atoms with Gasteiger partial charge in [-0.1, -0.05) is 12.1 Å². The van der Waals surface area contributed by atoms with Crippen LogP contribution in [0.15, 0.2) is 35.5 Å². The molecular weight excluding hydrogens is 371 g/mol. The molecule has 3 rings (SSSR count).